The van der Waals surface area contributed by atoms with E-state index in [2.05, 4.69) is 5.18 Å². The summed E-state index contributed by atoms with van der Waals surface area (Å²) in [5.41, 5.74) is 1.87. The number of sulfonamides is 1. The highest BCUT2D eigenvalue weighted by Crippen LogP contribution is 2.46. The molecule has 7 heteroatoms. The van der Waals surface area contributed by atoms with Gasteiger partial charge in [-0.15, -0.1) is 4.91 Å². The Kier molecular flexibility index (Phi) is 5.19. The summed E-state index contributed by atoms with van der Waals surface area (Å²) < 4.78 is 28.1. The lowest BCUT2D eigenvalue weighted by molar-refractivity contribution is -0.116. The zero-order valence-electron chi connectivity index (χ0n) is 16.0. The van der Waals surface area contributed by atoms with Gasteiger partial charge >= 0.3 is 0 Å². The van der Waals surface area contributed by atoms with Crippen molar-refractivity contribution >= 4 is 21.5 Å². The highest BCUT2D eigenvalue weighted by Gasteiger charge is 2.45. The molecule has 4 rings (SSSR count). The maximum atomic E-state index is 13.3. The molecule has 0 saturated carbocycles. The first-order valence-electron chi connectivity index (χ1n) is 9.64. The zero-order valence-corrected chi connectivity index (χ0v) is 16.8. The van der Waals surface area contributed by atoms with Gasteiger partial charge in [-0.05, 0) is 54.3 Å². The van der Waals surface area contributed by atoms with Gasteiger partial charge in [-0.25, -0.2) is 8.42 Å². The van der Waals surface area contributed by atoms with Crippen LogP contribution in [0.2, 0.25) is 0 Å². The summed E-state index contributed by atoms with van der Waals surface area (Å²) in [5.74, 6) is 0.116. The second kappa shape index (κ2) is 7.65. The van der Waals surface area contributed by atoms with Crippen molar-refractivity contribution < 1.29 is 13.2 Å². The van der Waals surface area contributed by atoms with Crippen molar-refractivity contribution in [2.24, 2.45) is 10.6 Å². The van der Waals surface area contributed by atoms with Crippen LogP contribution < -0.4 is 0 Å². The smallest absolute Gasteiger partial charge is 0.243 e. The Morgan fingerprint density at radius 3 is 2.59 bits per heavy atom. The molecule has 1 atom stereocenters. The third kappa shape index (κ3) is 3.80. The van der Waals surface area contributed by atoms with Crippen LogP contribution in [0.5, 0.6) is 0 Å². The average Bonchev–Trinajstić information content (AvgIpc) is 2.74. The lowest BCUT2D eigenvalue weighted by Crippen LogP contribution is -2.49. The number of hydrogen-bond acceptors (Lipinski definition) is 5. The predicted molar refractivity (Wildman–Crippen MR) is 110 cm³/mol. The van der Waals surface area contributed by atoms with Gasteiger partial charge in [0, 0.05) is 24.9 Å². The number of benzene rings is 2. The fourth-order valence-corrected chi connectivity index (χ4v) is 5.99. The van der Waals surface area contributed by atoms with Crippen LogP contribution in [-0.4, -0.2) is 31.6 Å². The summed E-state index contributed by atoms with van der Waals surface area (Å²) in [5, 5.41) is 2.85. The maximum absolute atomic E-state index is 13.3. The summed E-state index contributed by atoms with van der Waals surface area (Å²) in [6.07, 6.45) is 4.01. The number of ketones is 1. The van der Waals surface area contributed by atoms with Crippen molar-refractivity contribution in [1.82, 2.24) is 4.31 Å². The van der Waals surface area contributed by atoms with E-state index in [9.17, 15) is 18.1 Å². The van der Waals surface area contributed by atoms with Gasteiger partial charge in [0.1, 0.15) is 5.69 Å². The molecule has 0 spiro atoms. The topological polar surface area (TPSA) is 83.9 Å². The van der Waals surface area contributed by atoms with Gasteiger partial charge in [-0.2, -0.15) is 4.31 Å². The second-order valence-corrected chi connectivity index (χ2v) is 9.69. The van der Waals surface area contributed by atoms with Crippen LogP contribution in [0, 0.1) is 10.3 Å². The molecule has 1 aliphatic heterocycles. The molecule has 1 aliphatic carbocycles. The number of hydrogen-bond donors (Lipinski definition) is 0. The SMILES string of the molecule is O=Nc1cccc(S(=O)(=O)N2CCC3=CC(=O)CCC3(Cc3ccccc3)C2)c1. The fourth-order valence-electron chi connectivity index (χ4n) is 4.42. The molecule has 0 amide bonds. The minimum Gasteiger partial charge on any atom is -0.295 e. The van der Waals surface area contributed by atoms with Crippen molar-refractivity contribution in [3.05, 3.63) is 76.7 Å². The van der Waals surface area contributed by atoms with Gasteiger partial charge in [0.05, 0.1) is 4.90 Å². The Bertz CT molecular complexity index is 1080. The summed E-state index contributed by atoms with van der Waals surface area (Å²) in [4.78, 5) is 22.9. The molecule has 0 N–H and O–H groups in total. The monoisotopic (exact) mass is 410 g/mol. The van der Waals surface area contributed by atoms with Crippen molar-refractivity contribution in [3.8, 4) is 0 Å². The number of fused-ring (bicyclic) bond motifs is 1. The van der Waals surface area contributed by atoms with Gasteiger partial charge in [-0.3, -0.25) is 4.79 Å². The largest absolute Gasteiger partial charge is 0.295 e. The first kappa shape index (κ1) is 19.7. The normalized spacial score (nSPS) is 22.6. The highest BCUT2D eigenvalue weighted by molar-refractivity contribution is 7.89. The molecule has 1 saturated heterocycles. The molecular weight excluding hydrogens is 388 g/mol. The van der Waals surface area contributed by atoms with E-state index in [1.54, 1.807) is 6.08 Å². The van der Waals surface area contributed by atoms with E-state index in [-0.39, 0.29) is 21.8 Å². The molecule has 0 aromatic heterocycles. The molecule has 0 radical (unpaired) electrons. The Balaban J connectivity index is 1.70. The van der Waals surface area contributed by atoms with Crippen LogP contribution in [0.15, 0.2) is 76.3 Å². The highest BCUT2D eigenvalue weighted by atomic mass is 32.2. The van der Waals surface area contributed by atoms with Crippen LogP contribution >= 0.6 is 0 Å². The number of carbonyl (C=O) groups excluding carboxylic acids is 1. The molecule has 6 nitrogen and oxygen atoms in total. The fraction of sp³-hybridized carbons (Fsp3) is 0.318. The van der Waals surface area contributed by atoms with Crippen molar-refractivity contribution in [3.63, 3.8) is 0 Å². The molecule has 1 fully saturated rings. The van der Waals surface area contributed by atoms with Crippen LogP contribution in [0.3, 0.4) is 0 Å². The predicted octanol–water partition coefficient (Wildman–Crippen LogP) is 4.00. The van der Waals surface area contributed by atoms with Crippen molar-refractivity contribution in [1.29, 1.82) is 0 Å². The minimum atomic E-state index is -3.77. The maximum Gasteiger partial charge on any atom is 0.243 e. The van der Waals surface area contributed by atoms with Gasteiger partial charge < -0.3 is 0 Å². The van der Waals surface area contributed by atoms with Gasteiger partial charge in [0.15, 0.2) is 5.78 Å². The Morgan fingerprint density at radius 2 is 1.83 bits per heavy atom. The Labute approximate surface area is 170 Å². The number of allylic oxidation sites excluding steroid dienone is 1. The van der Waals surface area contributed by atoms with E-state index in [4.69, 9.17) is 0 Å². The average molecular weight is 410 g/mol. The quantitative estimate of drug-likeness (QED) is 0.698. The van der Waals surface area contributed by atoms with Crippen LogP contribution in [0.4, 0.5) is 5.69 Å². The van der Waals surface area contributed by atoms with E-state index in [1.807, 2.05) is 30.3 Å². The van der Waals surface area contributed by atoms with Gasteiger partial charge in [-0.1, -0.05) is 42.0 Å². The third-order valence-corrected chi connectivity index (χ3v) is 7.76. The standard InChI is InChI=1S/C22H22N2O4S/c25-20-9-11-22(15-17-5-2-1-3-6-17)16-24(12-10-18(22)13-20)29(27,28)21-8-4-7-19(14-21)23-26/h1-8,13-14H,9-12,15-16H2. The number of carbonyl (C=O) groups is 1. The van der Waals surface area contributed by atoms with Gasteiger partial charge in [0.2, 0.25) is 10.0 Å². The van der Waals surface area contributed by atoms with Crippen LogP contribution in [-0.2, 0) is 21.2 Å². The number of piperidine rings is 1. The van der Waals surface area contributed by atoms with Crippen LogP contribution in [0.1, 0.15) is 24.8 Å². The zero-order chi connectivity index (χ0) is 20.5. The van der Waals surface area contributed by atoms with Gasteiger partial charge in [0.25, 0.3) is 0 Å². The summed E-state index contributed by atoms with van der Waals surface area (Å²) in [6, 6.07) is 15.8. The van der Waals surface area contributed by atoms with Crippen molar-refractivity contribution in [2.45, 2.75) is 30.6 Å². The molecule has 0 bridgehead atoms. The number of nitrogens with zero attached hydrogens (tertiary/aromatic N) is 2. The lowest BCUT2D eigenvalue weighted by Gasteiger charge is -2.46. The molecule has 2 aromatic carbocycles. The van der Waals surface area contributed by atoms with E-state index < -0.39 is 10.0 Å². The molecule has 2 aromatic rings. The van der Waals surface area contributed by atoms with E-state index in [0.29, 0.717) is 38.8 Å². The Morgan fingerprint density at radius 1 is 1.03 bits per heavy atom. The molecular formula is C22H22N2O4S. The summed E-state index contributed by atoms with van der Waals surface area (Å²) >= 11 is 0. The summed E-state index contributed by atoms with van der Waals surface area (Å²) in [6.45, 7) is 0.638. The lowest BCUT2D eigenvalue weighted by atomic mass is 9.66. The molecule has 150 valence electrons. The molecule has 2 aliphatic rings. The van der Waals surface area contributed by atoms with E-state index in [0.717, 1.165) is 11.1 Å². The minimum absolute atomic E-state index is 0.0729. The third-order valence-electron chi connectivity index (χ3n) is 5.92. The number of rotatable bonds is 5. The molecule has 1 heterocycles. The molecule has 29 heavy (non-hydrogen) atoms. The van der Waals surface area contributed by atoms with Crippen LogP contribution in [0.25, 0.3) is 0 Å². The second-order valence-electron chi connectivity index (χ2n) is 7.76. The van der Waals surface area contributed by atoms with E-state index >= 15 is 0 Å². The first-order chi connectivity index (χ1) is 13.9. The first-order valence-corrected chi connectivity index (χ1v) is 11.1. The number of nitroso groups, excluding NO2 is 1. The summed E-state index contributed by atoms with van der Waals surface area (Å²) in [7, 11) is -3.77. The van der Waals surface area contributed by atoms with Crippen molar-refractivity contribution in [2.75, 3.05) is 13.1 Å². The van der Waals surface area contributed by atoms with E-state index in [1.165, 1.54) is 28.6 Å². The Hall–Kier alpha value is -2.64. The molecule has 1 unspecified atom stereocenters.